The van der Waals surface area contributed by atoms with Gasteiger partial charge in [0.25, 0.3) is 0 Å². The fraction of sp³-hybridized carbons (Fsp3) is 0.375. The maximum Gasteiger partial charge on any atom is 0.199 e. The lowest BCUT2D eigenvalue weighted by atomic mass is 10.1. The molecule has 0 amide bonds. The highest BCUT2D eigenvalue weighted by Gasteiger charge is 2.25. The van der Waals surface area contributed by atoms with Crippen LogP contribution in [0.3, 0.4) is 0 Å². The molecule has 1 aromatic carbocycles. The Kier molecular flexibility index (Phi) is 15.7. The van der Waals surface area contributed by atoms with Crippen LogP contribution < -0.4 is 10.6 Å². The molecule has 2 aromatic rings. The lowest BCUT2D eigenvalue weighted by Crippen LogP contribution is -2.32. The van der Waals surface area contributed by atoms with Crippen molar-refractivity contribution in [3.63, 3.8) is 0 Å². The van der Waals surface area contributed by atoms with E-state index < -0.39 is 0 Å². The minimum absolute atomic E-state index is 0.177. The van der Waals surface area contributed by atoms with Crippen molar-refractivity contribution in [1.29, 1.82) is 0 Å². The van der Waals surface area contributed by atoms with E-state index in [9.17, 15) is 0 Å². The molecule has 0 aliphatic carbocycles. The number of nitrogens with two attached hydrogens (primary N) is 1. The fourth-order valence-electron chi connectivity index (χ4n) is 2.34. The maximum absolute atomic E-state index is 6.36. The normalized spacial score (nSPS) is 13.0. The van der Waals surface area contributed by atoms with Gasteiger partial charge in [-0.1, -0.05) is 69.7 Å². The molecule has 0 spiro atoms. The summed E-state index contributed by atoms with van der Waals surface area (Å²) < 4.78 is 4.71. The molecule has 0 bridgehead atoms. The second-order valence-corrected chi connectivity index (χ2v) is 6.54. The molecule has 2 N–H and O–H groups in total. The zero-order chi connectivity index (χ0) is 24.5. The minimum atomic E-state index is 0.177. The summed E-state index contributed by atoms with van der Waals surface area (Å²) in [6.45, 7) is 14.5. The highest BCUT2D eigenvalue weighted by molar-refractivity contribution is 6.34. The van der Waals surface area contributed by atoms with Gasteiger partial charge in [-0.15, -0.1) is 11.6 Å². The average molecular weight is 480 g/mol. The lowest BCUT2D eigenvalue weighted by molar-refractivity contribution is 0.308. The molecule has 0 radical (unpaired) electrons. The van der Waals surface area contributed by atoms with Gasteiger partial charge in [0.05, 0.1) is 17.3 Å². The third kappa shape index (κ3) is 8.52. The van der Waals surface area contributed by atoms with E-state index in [0.29, 0.717) is 29.0 Å². The molecule has 176 valence electrons. The van der Waals surface area contributed by atoms with Gasteiger partial charge in [-0.25, -0.2) is 4.63 Å². The SMILES string of the molecule is C/C(=C\CCl)C1=CN(c2ccccc2Cl)C(c2nonc2N)=NC1.C/C=C\C.CC.CC. The van der Waals surface area contributed by atoms with Crippen LogP contribution in [0.15, 0.2) is 69.5 Å². The van der Waals surface area contributed by atoms with Crippen LogP contribution >= 0.6 is 23.2 Å². The number of hydrogen-bond acceptors (Lipinski definition) is 6. The zero-order valence-electron chi connectivity index (χ0n) is 20.1. The van der Waals surface area contributed by atoms with E-state index in [1.165, 1.54) is 0 Å². The molecule has 0 saturated heterocycles. The first-order valence-electron chi connectivity index (χ1n) is 10.7. The van der Waals surface area contributed by atoms with Crippen molar-refractivity contribution < 1.29 is 4.63 Å². The number of amidine groups is 1. The average Bonchev–Trinajstić information content (AvgIpc) is 3.27. The summed E-state index contributed by atoms with van der Waals surface area (Å²) in [5.41, 5.74) is 9.05. The molecule has 0 fully saturated rings. The highest BCUT2D eigenvalue weighted by Crippen LogP contribution is 2.31. The number of aliphatic imine (C=N–C) groups is 1. The zero-order valence-corrected chi connectivity index (χ0v) is 21.6. The summed E-state index contributed by atoms with van der Waals surface area (Å²) in [4.78, 5) is 6.44. The van der Waals surface area contributed by atoms with E-state index in [1.807, 2.05) is 102 Å². The van der Waals surface area contributed by atoms with Gasteiger partial charge in [-0.05, 0) is 54.4 Å². The van der Waals surface area contributed by atoms with Crippen LogP contribution in [-0.4, -0.2) is 28.6 Å². The van der Waals surface area contributed by atoms with Crippen molar-refractivity contribution in [3.8, 4) is 0 Å². The van der Waals surface area contributed by atoms with Crippen molar-refractivity contribution in [2.75, 3.05) is 23.1 Å². The lowest BCUT2D eigenvalue weighted by Gasteiger charge is -2.27. The second kappa shape index (κ2) is 17.0. The predicted molar refractivity (Wildman–Crippen MR) is 140 cm³/mol. The number of benzene rings is 1. The van der Waals surface area contributed by atoms with Crippen LogP contribution in [0.2, 0.25) is 5.02 Å². The maximum atomic E-state index is 6.36. The molecule has 1 aliphatic heterocycles. The van der Waals surface area contributed by atoms with Gasteiger partial charge in [0.2, 0.25) is 0 Å². The molecule has 6 nitrogen and oxygen atoms in total. The number of hydrogen-bond donors (Lipinski definition) is 1. The van der Waals surface area contributed by atoms with E-state index in [2.05, 4.69) is 15.3 Å². The summed E-state index contributed by atoms with van der Waals surface area (Å²) >= 11 is 12.2. The predicted octanol–water partition coefficient (Wildman–Crippen LogP) is 7.28. The van der Waals surface area contributed by atoms with Crippen molar-refractivity contribution >= 4 is 40.5 Å². The van der Waals surface area contributed by atoms with Crippen LogP contribution in [-0.2, 0) is 0 Å². The molecule has 3 rings (SSSR count). The number of alkyl halides is 1. The Hall–Kier alpha value is -2.57. The second-order valence-electron chi connectivity index (χ2n) is 5.82. The summed E-state index contributed by atoms with van der Waals surface area (Å²) in [6, 6.07) is 7.46. The Bertz CT molecular complexity index is 913. The molecular formula is C24H35Cl2N5O. The molecule has 0 saturated carbocycles. The van der Waals surface area contributed by atoms with E-state index >= 15 is 0 Å². The first kappa shape index (κ1) is 29.4. The van der Waals surface area contributed by atoms with Gasteiger partial charge in [0, 0.05) is 12.1 Å². The number of nitrogens with zero attached hydrogens (tertiary/aromatic N) is 4. The van der Waals surface area contributed by atoms with Crippen LogP contribution in [0.25, 0.3) is 0 Å². The molecule has 0 unspecified atom stereocenters. The van der Waals surface area contributed by atoms with E-state index in [-0.39, 0.29) is 5.82 Å². The van der Waals surface area contributed by atoms with Gasteiger partial charge in [-0.3, -0.25) is 9.89 Å². The molecular weight excluding hydrogens is 445 g/mol. The highest BCUT2D eigenvalue weighted by atomic mass is 35.5. The van der Waals surface area contributed by atoms with Crippen molar-refractivity contribution in [3.05, 3.63) is 70.6 Å². The quantitative estimate of drug-likeness (QED) is 0.367. The Balaban J connectivity index is 0.00000106. The monoisotopic (exact) mass is 479 g/mol. The first-order valence-corrected chi connectivity index (χ1v) is 11.6. The summed E-state index contributed by atoms with van der Waals surface area (Å²) in [5, 5.41) is 8.07. The molecule has 2 heterocycles. The van der Waals surface area contributed by atoms with E-state index in [4.69, 9.17) is 33.6 Å². The summed E-state index contributed by atoms with van der Waals surface area (Å²) in [5.74, 6) is 1.14. The number of allylic oxidation sites excluding steroid dienone is 3. The number of para-hydroxylation sites is 1. The van der Waals surface area contributed by atoms with E-state index in [1.54, 1.807) is 0 Å². The number of rotatable bonds is 4. The summed E-state index contributed by atoms with van der Waals surface area (Å²) in [7, 11) is 0. The number of anilines is 2. The minimum Gasteiger partial charge on any atom is -0.379 e. The molecule has 0 atom stereocenters. The number of aromatic nitrogens is 2. The third-order valence-corrected chi connectivity index (χ3v) is 4.45. The first-order chi connectivity index (χ1) is 15.5. The largest absolute Gasteiger partial charge is 0.379 e. The van der Waals surface area contributed by atoms with Crippen LogP contribution in [0.5, 0.6) is 0 Å². The van der Waals surface area contributed by atoms with Gasteiger partial charge >= 0.3 is 0 Å². The molecule has 32 heavy (non-hydrogen) atoms. The summed E-state index contributed by atoms with van der Waals surface area (Å²) in [6.07, 6.45) is 7.89. The number of halogens is 2. The number of nitrogen functional groups attached to an aromatic ring is 1. The van der Waals surface area contributed by atoms with Gasteiger partial charge in [-0.2, -0.15) is 0 Å². The Labute approximate surface area is 202 Å². The Morgan fingerprint density at radius 1 is 1.12 bits per heavy atom. The van der Waals surface area contributed by atoms with Gasteiger partial charge in [0.15, 0.2) is 17.3 Å². The van der Waals surface area contributed by atoms with Gasteiger partial charge < -0.3 is 5.73 Å². The van der Waals surface area contributed by atoms with Crippen molar-refractivity contribution in [2.45, 2.75) is 48.5 Å². The fourth-order valence-corrected chi connectivity index (χ4v) is 2.80. The van der Waals surface area contributed by atoms with Crippen LogP contribution in [0, 0.1) is 0 Å². The Morgan fingerprint density at radius 2 is 1.75 bits per heavy atom. The van der Waals surface area contributed by atoms with E-state index in [0.717, 1.165) is 16.8 Å². The van der Waals surface area contributed by atoms with Crippen molar-refractivity contribution in [2.24, 2.45) is 4.99 Å². The van der Waals surface area contributed by atoms with Gasteiger partial charge in [0.1, 0.15) is 0 Å². The standard InChI is InChI=1S/C16H15Cl2N5O.C4H8.2C2H6/c1-10(6-7-17)11-8-20-16(14-15(19)22-24-21-14)23(9-11)13-5-3-2-4-12(13)18;1-3-4-2;2*1-2/h2-6,9H,7-8H2,1H3,(H2,19,22);3-4H,1-2H3;2*1-2H3/b10-6+;4-3-;;. The third-order valence-electron chi connectivity index (χ3n) is 3.97. The van der Waals surface area contributed by atoms with Crippen LogP contribution in [0.1, 0.15) is 54.2 Å². The van der Waals surface area contributed by atoms with Crippen molar-refractivity contribution in [1.82, 2.24) is 10.3 Å². The Morgan fingerprint density at radius 3 is 2.25 bits per heavy atom. The topological polar surface area (TPSA) is 80.5 Å². The molecule has 8 heteroatoms. The molecule has 1 aliphatic rings. The molecule has 1 aromatic heterocycles. The smallest absolute Gasteiger partial charge is 0.199 e. The van der Waals surface area contributed by atoms with Crippen LogP contribution in [0.4, 0.5) is 11.5 Å².